The minimum Gasteiger partial charge on any atom is -0.381 e. The molecule has 0 saturated carbocycles. The Hall–Kier alpha value is -1.09. The van der Waals surface area contributed by atoms with Gasteiger partial charge in [0, 0.05) is 13.1 Å². The van der Waals surface area contributed by atoms with Crippen molar-refractivity contribution in [3.05, 3.63) is 30.1 Å². The van der Waals surface area contributed by atoms with Gasteiger partial charge in [0.15, 0.2) is 0 Å². The molecule has 0 aliphatic carbocycles. The number of anilines is 1. The van der Waals surface area contributed by atoms with Crippen molar-refractivity contribution in [1.29, 1.82) is 0 Å². The van der Waals surface area contributed by atoms with Gasteiger partial charge in [-0.05, 0) is 38.1 Å². The van der Waals surface area contributed by atoms with Gasteiger partial charge >= 0.3 is 0 Å². The highest BCUT2D eigenvalue weighted by atomic mass is 19.1. The van der Waals surface area contributed by atoms with E-state index in [1.165, 1.54) is 38.4 Å². The van der Waals surface area contributed by atoms with E-state index in [2.05, 4.69) is 10.2 Å². The second kappa shape index (κ2) is 5.85. The van der Waals surface area contributed by atoms with Crippen molar-refractivity contribution in [2.45, 2.75) is 19.3 Å². The summed E-state index contributed by atoms with van der Waals surface area (Å²) in [6, 6.07) is 6.84. The van der Waals surface area contributed by atoms with Crippen LogP contribution in [0, 0.1) is 5.82 Å². The summed E-state index contributed by atoms with van der Waals surface area (Å²) in [6.07, 6.45) is 3.97. The van der Waals surface area contributed by atoms with Gasteiger partial charge < -0.3 is 10.2 Å². The number of nitrogens with one attached hydrogen (secondary N) is 1. The maximum atomic E-state index is 13.3. The second-order valence-electron chi connectivity index (χ2n) is 4.31. The standard InChI is InChI=1S/C13H19FN2/c14-12-6-2-3-7-13(12)15-8-11-16-9-4-1-5-10-16/h2-3,6-7,15H,1,4-5,8-11H2. The summed E-state index contributed by atoms with van der Waals surface area (Å²) in [5, 5.41) is 3.14. The normalized spacial score (nSPS) is 17.3. The van der Waals surface area contributed by atoms with E-state index in [4.69, 9.17) is 0 Å². The molecule has 0 unspecified atom stereocenters. The maximum absolute atomic E-state index is 13.3. The molecular formula is C13H19FN2. The number of nitrogens with zero attached hydrogens (tertiary/aromatic N) is 1. The number of hydrogen-bond donors (Lipinski definition) is 1. The van der Waals surface area contributed by atoms with Gasteiger partial charge in [0.1, 0.15) is 5.82 Å². The van der Waals surface area contributed by atoms with Crippen LogP contribution in [-0.2, 0) is 0 Å². The lowest BCUT2D eigenvalue weighted by molar-refractivity contribution is 0.237. The molecule has 0 amide bonds. The summed E-state index contributed by atoms with van der Waals surface area (Å²) in [6.45, 7) is 4.22. The summed E-state index contributed by atoms with van der Waals surface area (Å²) in [7, 11) is 0. The Morgan fingerprint density at radius 1 is 1.12 bits per heavy atom. The largest absolute Gasteiger partial charge is 0.381 e. The molecule has 1 fully saturated rings. The first kappa shape index (κ1) is 11.4. The molecule has 1 aliphatic heterocycles. The van der Waals surface area contributed by atoms with Crippen molar-refractivity contribution in [3.63, 3.8) is 0 Å². The Balaban J connectivity index is 1.73. The molecule has 0 atom stereocenters. The summed E-state index contributed by atoms with van der Waals surface area (Å²) < 4.78 is 13.3. The van der Waals surface area contributed by atoms with E-state index in [9.17, 15) is 4.39 Å². The van der Waals surface area contributed by atoms with E-state index in [-0.39, 0.29) is 5.82 Å². The molecule has 0 radical (unpaired) electrons. The van der Waals surface area contributed by atoms with Gasteiger partial charge in [-0.25, -0.2) is 4.39 Å². The first-order chi connectivity index (χ1) is 7.86. The van der Waals surface area contributed by atoms with E-state index < -0.39 is 0 Å². The molecule has 1 N–H and O–H groups in total. The van der Waals surface area contributed by atoms with Gasteiger partial charge in [-0.1, -0.05) is 18.6 Å². The minimum atomic E-state index is -0.166. The Morgan fingerprint density at radius 3 is 2.62 bits per heavy atom. The fraction of sp³-hybridized carbons (Fsp3) is 0.538. The van der Waals surface area contributed by atoms with Gasteiger partial charge in [-0.3, -0.25) is 0 Å². The summed E-state index contributed by atoms with van der Waals surface area (Å²) >= 11 is 0. The maximum Gasteiger partial charge on any atom is 0.146 e. The molecule has 2 rings (SSSR count). The number of halogens is 1. The van der Waals surface area contributed by atoms with Crippen molar-refractivity contribution in [3.8, 4) is 0 Å². The molecule has 1 saturated heterocycles. The van der Waals surface area contributed by atoms with Crippen LogP contribution in [0.25, 0.3) is 0 Å². The second-order valence-corrected chi connectivity index (χ2v) is 4.31. The lowest BCUT2D eigenvalue weighted by Gasteiger charge is -2.26. The number of benzene rings is 1. The summed E-state index contributed by atoms with van der Waals surface area (Å²) in [4.78, 5) is 2.44. The SMILES string of the molecule is Fc1ccccc1NCCN1CCCCC1. The third-order valence-electron chi connectivity index (χ3n) is 3.07. The van der Waals surface area contributed by atoms with Crippen molar-refractivity contribution < 1.29 is 4.39 Å². The molecule has 88 valence electrons. The number of likely N-dealkylation sites (tertiary alicyclic amines) is 1. The molecule has 0 spiro atoms. The predicted octanol–water partition coefficient (Wildman–Crippen LogP) is 2.72. The van der Waals surface area contributed by atoms with Gasteiger partial charge in [0.25, 0.3) is 0 Å². The smallest absolute Gasteiger partial charge is 0.146 e. The van der Waals surface area contributed by atoms with Crippen LogP contribution in [0.4, 0.5) is 10.1 Å². The van der Waals surface area contributed by atoms with Crippen LogP contribution < -0.4 is 5.32 Å². The molecule has 16 heavy (non-hydrogen) atoms. The highest BCUT2D eigenvalue weighted by molar-refractivity contribution is 5.44. The van der Waals surface area contributed by atoms with Crippen LogP contribution in [-0.4, -0.2) is 31.1 Å². The minimum absolute atomic E-state index is 0.166. The number of rotatable bonds is 4. The average molecular weight is 222 g/mol. The highest BCUT2D eigenvalue weighted by Gasteiger charge is 2.09. The Labute approximate surface area is 96.5 Å². The van der Waals surface area contributed by atoms with E-state index >= 15 is 0 Å². The van der Waals surface area contributed by atoms with Crippen LogP contribution in [0.2, 0.25) is 0 Å². The fourth-order valence-corrected chi connectivity index (χ4v) is 2.14. The van der Waals surface area contributed by atoms with Gasteiger partial charge in [0.2, 0.25) is 0 Å². The van der Waals surface area contributed by atoms with Crippen LogP contribution in [0.1, 0.15) is 19.3 Å². The number of hydrogen-bond acceptors (Lipinski definition) is 2. The monoisotopic (exact) mass is 222 g/mol. The van der Waals surface area contributed by atoms with Crippen LogP contribution in [0.3, 0.4) is 0 Å². The van der Waals surface area contributed by atoms with E-state index in [0.717, 1.165) is 13.1 Å². The fourth-order valence-electron chi connectivity index (χ4n) is 2.14. The van der Waals surface area contributed by atoms with Gasteiger partial charge in [-0.15, -0.1) is 0 Å². The van der Waals surface area contributed by atoms with Crippen LogP contribution in [0.15, 0.2) is 24.3 Å². The summed E-state index contributed by atoms with van der Waals surface area (Å²) in [5.74, 6) is -0.166. The summed E-state index contributed by atoms with van der Waals surface area (Å²) in [5.41, 5.74) is 0.611. The predicted molar refractivity (Wildman–Crippen MR) is 65.2 cm³/mol. The topological polar surface area (TPSA) is 15.3 Å². The van der Waals surface area contributed by atoms with E-state index in [0.29, 0.717) is 5.69 Å². The Morgan fingerprint density at radius 2 is 1.88 bits per heavy atom. The quantitative estimate of drug-likeness (QED) is 0.842. The van der Waals surface area contributed by atoms with Gasteiger partial charge in [-0.2, -0.15) is 0 Å². The molecule has 3 heteroatoms. The van der Waals surface area contributed by atoms with E-state index in [1.54, 1.807) is 12.1 Å². The lowest BCUT2D eigenvalue weighted by Crippen LogP contribution is -2.33. The van der Waals surface area contributed by atoms with Crippen LogP contribution >= 0.6 is 0 Å². The third kappa shape index (κ3) is 3.20. The third-order valence-corrected chi connectivity index (χ3v) is 3.07. The molecule has 0 bridgehead atoms. The van der Waals surface area contributed by atoms with Crippen LogP contribution in [0.5, 0.6) is 0 Å². The highest BCUT2D eigenvalue weighted by Crippen LogP contribution is 2.12. The zero-order chi connectivity index (χ0) is 11.2. The zero-order valence-corrected chi connectivity index (χ0v) is 9.58. The molecule has 1 aromatic carbocycles. The molecule has 2 nitrogen and oxygen atoms in total. The number of piperidine rings is 1. The van der Waals surface area contributed by atoms with Crippen molar-refractivity contribution >= 4 is 5.69 Å². The van der Waals surface area contributed by atoms with E-state index in [1.807, 2.05) is 6.07 Å². The first-order valence-electron chi connectivity index (χ1n) is 6.07. The molecule has 1 aromatic rings. The van der Waals surface area contributed by atoms with Crippen molar-refractivity contribution in [1.82, 2.24) is 4.90 Å². The number of para-hydroxylation sites is 1. The first-order valence-corrected chi connectivity index (χ1v) is 6.07. The van der Waals surface area contributed by atoms with Crippen molar-refractivity contribution in [2.75, 3.05) is 31.5 Å². The average Bonchev–Trinajstić information content (AvgIpc) is 2.33. The zero-order valence-electron chi connectivity index (χ0n) is 9.58. The molecule has 1 heterocycles. The Bertz CT molecular complexity index is 321. The molecule has 1 aliphatic rings. The van der Waals surface area contributed by atoms with Gasteiger partial charge in [0.05, 0.1) is 5.69 Å². The molecule has 0 aromatic heterocycles. The molecular weight excluding hydrogens is 203 g/mol. The van der Waals surface area contributed by atoms with Crippen molar-refractivity contribution in [2.24, 2.45) is 0 Å². The lowest BCUT2D eigenvalue weighted by atomic mass is 10.1. The Kier molecular flexibility index (Phi) is 4.17.